The summed E-state index contributed by atoms with van der Waals surface area (Å²) in [5.74, 6) is -4.48. The molecule has 2 fully saturated rings. The van der Waals surface area contributed by atoms with Crippen molar-refractivity contribution in [1.82, 2.24) is 0 Å². The fourth-order valence-electron chi connectivity index (χ4n) is 5.58. The Morgan fingerprint density at radius 3 is 2.03 bits per heavy atom. The molecule has 0 radical (unpaired) electrons. The molecular formula is C27H18BrNO5. The van der Waals surface area contributed by atoms with Crippen LogP contribution in [-0.2, 0) is 14.3 Å². The Morgan fingerprint density at radius 2 is 1.38 bits per heavy atom. The summed E-state index contributed by atoms with van der Waals surface area (Å²) in [6, 6.07) is 20.7. The number of Topliss-reactive ketones (excluding diaryl/α,β-unsaturated/α-hetero) is 2. The second-order valence-corrected chi connectivity index (χ2v) is 9.66. The van der Waals surface area contributed by atoms with Crippen LogP contribution in [0.1, 0.15) is 37.9 Å². The number of halogens is 1. The number of amides is 2. The maximum atomic E-state index is 13.9. The summed E-state index contributed by atoms with van der Waals surface area (Å²) in [5, 5.41) is 0. The van der Waals surface area contributed by atoms with E-state index in [1.165, 1.54) is 0 Å². The van der Waals surface area contributed by atoms with Gasteiger partial charge in [-0.3, -0.25) is 19.2 Å². The van der Waals surface area contributed by atoms with E-state index in [1.54, 1.807) is 48.5 Å². The lowest BCUT2D eigenvalue weighted by atomic mass is 9.77. The summed E-state index contributed by atoms with van der Waals surface area (Å²) < 4.78 is 6.89. The highest BCUT2D eigenvalue weighted by Gasteiger charge is 2.74. The molecule has 2 saturated heterocycles. The summed E-state index contributed by atoms with van der Waals surface area (Å²) in [6.07, 6.45) is -0.919. The van der Waals surface area contributed by atoms with Crippen LogP contribution in [-0.4, -0.2) is 29.0 Å². The highest BCUT2D eigenvalue weighted by molar-refractivity contribution is 9.10. The number of hydrogen-bond acceptors (Lipinski definition) is 5. The Morgan fingerprint density at radius 1 is 0.794 bits per heavy atom. The van der Waals surface area contributed by atoms with Gasteiger partial charge in [0.25, 0.3) is 0 Å². The zero-order valence-electron chi connectivity index (χ0n) is 18.0. The van der Waals surface area contributed by atoms with Gasteiger partial charge in [0.1, 0.15) is 0 Å². The van der Waals surface area contributed by atoms with Crippen LogP contribution in [0, 0.1) is 18.8 Å². The maximum Gasteiger partial charge on any atom is 0.241 e. The van der Waals surface area contributed by atoms with Crippen molar-refractivity contribution in [3.05, 3.63) is 99.5 Å². The molecule has 0 bridgehead atoms. The number of hydrogen-bond donors (Lipinski definition) is 0. The fourth-order valence-corrected chi connectivity index (χ4v) is 6.04. The van der Waals surface area contributed by atoms with Crippen molar-refractivity contribution >= 4 is 45.0 Å². The van der Waals surface area contributed by atoms with Gasteiger partial charge in [0.2, 0.25) is 29.0 Å². The Labute approximate surface area is 203 Å². The fraction of sp³-hybridized carbons (Fsp3) is 0.185. The Kier molecular flexibility index (Phi) is 4.53. The van der Waals surface area contributed by atoms with Crippen LogP contribution in [0.5, 0.6) is 0 Å². The molecule has 0 aromatic heterocycles. The normalized spacial score (nSPS) is 24.8. The Hall–Kier alpha value is -3.42. The largest absolute Gasteiger partial charge is 0.349 e. The van der Waals surface area contributed by atoms with Crippen molar-refractivity contribution in [2.24, 2.45) is 11.8 Å². The third-order valence-corrected chi connectivity index (χ3v) is 7.78. The van der Waals surface area contributed by atoms with Crippen LogP contribution in [0.2, 0.25) is 0 Å². The molecule has 168 valence electrons. The van der Waals surface area contributed by atoms with Gasteiger partial charge in [0.05, 0.1) is 23.6 Å². The lowest BCUT2D eigenvalue weighted by molar-refractivity contribution is -0.127. The molecule has 1 aliphatic carbocycles. The van der Waals surface area contributed by atoms with Crippen molar-refractivity contribution in [2.45, 2.75) is 18.6 Å². The number of aryl methyl sites for hydroxylation is 1. The summed E-state index contributed by atoms with van der Waals surface area (Å²) in [4.78, 5) is 56.4. The minimum absolute atomic E-state index is 0.219. The topological polar surface area (TPSA) is 80.8 Å². The van der Waals surface area contributed by atoms with Gasteiger partial charge in [-0.25, -0.2) is 4.90 Å². The molecule has 3 atom stereocenters. The van der Waals surface area contributed by atoms with E-state index in [4.69, 9.17) is 4.74 Å². The van der Waals surface area contributed by atoms with Gasteiger partial charge < -0.3 is 4.74 Å². The molecule has 0 N–H and O–H groups in total. The van der Waals surface area contributed by atoms with E-state index in [1.807, 2.05) is 31.2 Å². The molecule has 2 heterocycles. The third-order valence-electron chi connectivity index (χ3n) is 7.11. The van der Waals surface area contributed by atoms with Crippen LogP contribution in [0.25, 0.3) is 0 Å². The minimum atomic E-state index is -2.07. The number of benzene rings is 3. The van der Waals surface area contributed by atoms with Crippen molar-refractivity contribution in [3.63, 3.8) is 0 Å². The van der Waals surface area contributed by atoms with E-state index in [-0.39, 0.29) is 11.1 Å². The average molecular weight is 516 g/mol. The standard InChI is InChI=1S/C27H18BrNO5/c1-14-8-2-3-9-15(14)22-20-21(26(33)29(25(20)32)19-13-7-6-12-18(19)28)27(34-22)23(30)16-10-4-5-11-17(16)24(27)31/h2-13,20-22H,1H3/t20-,21-,22+/m1/s1. The molecule has 34 heavy (non-hydrogen) atoms. The second-order valence-electron chi connectivity index (χ2n) is 8.80. The zero-order chi connectivity index (χ0) is 23.8. The summed E-state index contributed by atoms with van der Waals surface area (Å²) in [7, 11) is 0. The molecule has 1 spiro atoms. The summed E-state index contributed by atoms with van der Waals surface area (Å²) in [6.45, 7) is 1.87. The SMILES string of the molecule is Cc1ccccc1[C@@H]1OC2(C(=O)c3ccccc3C2=O)[C@H]2C(=O)N(c3ccccc3Br)C(=O)[C@@H]12. The number of carbonyl (C=O) groups is 4. The lowest BCUT2D eigenvalue weighted by Gasteiger charge is -2.28. The average Bonchev–Trinajstić information content (AvgIpc) is 3.40. The number of rotatable bonds is 2. The van der Waals surface area contributed by atoms with Crippen molar-refractivity contribution in [2.75, 3.05) is 4.90 Å². The first-order valence-corrected chi connectivity index (χ1v) is 11.7. The quantitative estimate of drug-likeness (QED) is 0.372. The molecule has 6 nitrogen and oxygen atoms in total. The van der Waals surface area contributed by atoms with E-state index in [2.05, 4.69) is 15.9 Å². The van der Waals surface area contributed by atoms with Gasteiger partial charge in [-0.2, -0.15) is 0 Å². The predicted molar refractivity (Wildman–Crippen MR) is 126 cm³/mol. The van der Waals surface area contributed by atoms with E-state index >= 15 is 0 Å². The molecule has 2 amide bonds. The number of para-hydroxylation sites is 1. The van der Waals surface area contributed by atoms with Gasteiger partial charge in [-0.15, -0.1) is 0 Å². The van der Waals surface area contributed by atoms with E-state index < -0.39 is 46.9 Å². The molecule has 3 aliphatic rings. The smallest absolute Gasteiger partial charge is 0.241 e. The highest BCUT2D eigenvalue weighted by Crippen LogP contribution is 2.58. The first-order valence-electron chi connectivity index (χ1n) is 10.9. The maximum absolute atomic E-state index is 13.9. The number of fused-ring (bicyclic) bond motifs is 3. The molecule has 6 rings (SSSR count). The molecular weight excluding hydrogens is 498 g/mol. The van der Waals surface area contributed by atoms with Crippen LogP contribution < -0.4 is 4.90 Å². The molecule has 0 saturated carbocycles. The zero-order valence-corrected chi connectivity index (χ0v) is 19.6. The van der Waals surface area contributed by atoms with Crippen molar-refractivity contribution in [3.8, 4) is 0 Å². The Bertz CT molecular complexity index is 1390. The molecule has 0 unspecified atom stereocenters. The van der Waals surface area contributed by atoms with Gasteiger partial charge in [-0.05, 0) is 46.1 Å². The lowest BCUT2D eigenvalue weighted by Crippen LogP contribution is -2.51. The van der Waals surface area contributed by atoms with E-state index in [0.29, 0.717) is 15.7 Å². The molecule has 3 aromatic carbocycles. The van der Waals surface area contributed by atoms with Crippen LogP contribution in [0.3, 0.4) is 0 Å². The highest BCUT2D eigenvalue weighted by atomic mass is 79.9. The summed E-state index contributed by atoms with van der Waals surface area (Å²) in [5.41, 5.74) is 0.275. The second kappa shape index (κ2) is 7.29. The molecule has 2 aliphatic heterocycles. The van der Waals surface area contributed by atoms with Crippen molar-refractivity contribution in [1.29, 1.82) is 0 Å². The van der Waals surface area contributed by atoms with E-state index in [0.717, 1.165) is 10.5 Å². The van der Waals surface area contributed by atoms with Gasteiger partial charge in [-0.1, -0.05) is 60.7 Å². The monoisotopic (exact) mass is 515 g/mol. The van der Waals surface area contributed by atoms with Gasteiger partial charge in [0.15, 0.2) is 0 Å². The summed E-state index contributed by atoms with van der Waals surface area (Å²) >= 11 is 3.42. The van der Waals surface area contributed by atoms with Crippen molar-refractivity contribution < 1.29 is 23.9 Å². The molecule has 7 heteroatoms. The predicted octanol–water partition coefficient (Wildman–Crippen LogP) is 4.45. The number of ether oxygens (including phenoxy) is 1. The van der Waals surface area contributed by atoms with Crippen LogP contribution >= 0.6 is 15.9 Å². The van der Waals surface area contributed by atoms with Gasteiger partial charge in [0, 0.05) is 15.6 Å². The Balaban J connectivity index is 1.58. The van der Waals surface area contributed by atoms with E-state index in [9.17, 15) is 19.2 Å². The number of carbonyl (C=O) groups excluding carboxylic acids is 4. The first-order chi connectivity index (χ1) is 16.4. The number of nitrogens with zero attached hydrogens (tertiary/aromatic N) is 1. The number of anilines is 1. The van der Waals surface area contributed by atoms with Gasteiger partial charge >= 0.3 is 0 Å². The molecule has 3 aromatic rings. The first kappa shape index (κ1) is 21.1. The third kappa shape index (κ3) is 2.54. The number of ketones is 2. The minimum Gasteiger partial charge on any atom is -0.349 e. The van der Waals surface area contributed by atoms with Crippen LogP contribution in [0.15, 0.2) is 77.3 Å². The number of imide groups is 1. The van der Waals surface area contributed by atoms with Crippen LogP contribution in [0.4, 0.5) is 5.69 Å².